The Morgan fingerprint density at radius 3 is 2.47 bits per heavy atom. The Hall–Kier alpha value is -0.610. The van der Waals surface area contributed by atoms with Gasteiger partial charge in [0, 0.05) is 12.1 Å². The number of ether oxygens (including phenoxy) is 1. The van der Waals surface area contributed by atoms with Gasteiger partial charge in [0.2, 0.25) is 0 Å². The maximum absolute atomic E-state index is 11.7. The molecule has 98 valence electrons. The van der Waals surface area contributed by atoms with E-state index in [9.17, 15) is 4.79 Å². The van der Waals surface area contributed by atoms with Crippen molar-refractivity contribution in [2.24, 2.45) is 5.92 Å². The third-order valence-electron chi connectivity index (χ3n) is 4.43. The molecular formula is C13H24N2O2. The molecule has 0 aromatic rings. The van der Waals surface area contributed by atoms with Crippen LogP contribution in [0.4, 0.5) is 0 Å². The Balaban J connectivity index is 1.88. The average Bonchev–Trinajstić information content (AvgIpc) is 3.04. The van der Waals surface area contributed by atoms with Gasteiger partial charge in [-0.15, -0.1) is 0 Å². The van der Waals surface area contributed by atoms with E-state index in [0.29, 0.717) is 5.92 Å². The Morgan fingerprint density at radius 1 is 1.47 bits per heavy atom. The van der Waals surface area contributed by atoms with Crippen molar-refractivity contribution in [3.05, 3.63) is 0 Å². The van der Waals surface area contributed by atoms with E-state index in [1.165, 1.54) is 26.4 Å². The Morgan fingerprint density at radius 2 is 2.12 bits per heavy atom. The molecule has 0 spiro atoms. The van der Waals surface area contributed by atoms with Gasteiger partial charge in [0.05, 0.1) is 7.11 Å². The van der Waals surface area contributed by atoms with Crippen LogP contribution < -0.4 is 5.32 Å². The first-order chi connectivity index (χ1) is 8.09. The smallest absolute Gasteiger partial charge is 0.323 e. The Kier molecular flexibility index (Phi) is 3.73. The fourth-order valence-electron chi connectivity index (χ4n) is 2.67. The number of nitrogens with one attached hydrogen (secondary N) is 1. The first kappa shape index (κ1) is 12.8. The molecule has 2 aliphatic rings. The van der Waals surface area contributed by atoms with Crippen LogP contribution in [0.3, 0.4) is 0 Å². The van der Waals surface area contributed by atoms with Crippen molar-refractivity contribution in [3.8, 4) is 0 Å². The van der Waals surface area contributed by atoms with Crippen molar-refractivity contribution >= 4 is 5.97 Å². The largest absolute Gasteiger partial charge is 0.468 e. The van der Waals surface area contributed by atoms with Crippen LogP contribution in [0, 0.1) is 5.92 Å². The molecule has 1 unspecified atom stereocenters. The van der Waals surface area contributed by atoms with Crippen LogP contribution in [0.25, 0.3) is 0 Å². The molecule has 0 amide bonds. The fraction of sp³-hybridized carbons (Fsp3) is 0.923. The summed E-state index contributed by atoms with van der Waals surface area (Å²) in [5.74, 6) is 0.405. The molecule has 1 N–H and O–H groups in total. The minimum absolute atomic E-state index is 0.0857. The van der Waals surface area contributed by atoms with Crippen molar-refractivity contribution < 1.29 is 9.53 Å². The number of carbonyl (C=O) groups is 1. The molecule has 0 radical (unpaired) electrons. The second-order valence-electron chi connectivity index (χ2n) is 5.69. The number of hydrogen-bond donors (Lipinski definition) is 1. The van der Waals surface area contributed by atoms with Crippen LogP contribution in [0.5, 0.6) is 0 Å². The number of nitrogens with zero attached hydrogens (tertiary/aromatic N) is 1. The lowest BCUT2D eigenvalue weighted by molar-refractivity contribution is -0.144. The number of methoxy groups -OCH3 is 1. The van der Waals surface area contributed by atoms with Crippen LogP contribution in [0.15, 0.2) is 0 Å². The highest BCUT2D eigenvalue weighted by molar-refractivity contribution is 5.76. The van der Waals surface area contributed by atoms with E-state index in [2.05, 4.69) is 24.3 Å². The van der Waals surface area contributed by atoms with Crippen molar-refractivity contribution in [2.45, 2.75) is 43.7 Å². The van der Waals surface area contributed by atoms with E-state index in [1.807, 2.05) is 0 Å². The number of esters is 1. The quantitative estimate of drug-likeness (QED) is 0.704. The molecule has 2 fully saturated rings. The summed E-state index contributed by atoms with van der Waals surface area (Å²) in [5.41, 5.74) is 0.265. The summed E-state index contributed by atoms with van der Waals surface area (Å²) >= 11 is 0. The molecule has 1 atom stereocenters. The van der Waals surface area contributed by atoms with Crippen LogP contribution >= 0.6 is 0 Å². The molecule has 0 saturated heterocycles. The van der Waals surface area contributed by atoms with Crippen molar-refractivity contribution in [2.75, 3.05) is 27.7 Å². The molecule has 0 aliphatic heterocycles. The van der Waals surface area contributed by atoms with E-state index >= 15 is 0 Å². The summed E-state index contributed by atoms with van der Waals surface area (Å²) in [4.78, 5) is 14.0. The molecule has 0 aromatic heterocycles. The van der Waals surface area contributed by atoms with Gasteiger partial charge in [0.15, 0.2) is 0 Å². The Bertz CT molecular complexity index is 283. The van der Waals surface area contributed by atoms with Gasteiger partial charge in [-0.25, -0.2) is 0 Å². The second-order valence-corrected chi connectivity index (χ2v) is 5.69. The molecule has 4 heteroatoms. The van der Waals surface area contributed by atoms with Crippen molar-refractivity contribution in [3.63, 3.8) is 0 Å². The first-order valence-electron chi connectivity index (χ1n) is 6.58. The molecule has 4 nitrogen and oxygen atoms in total. The maximum atomic E-state index is 11.7. The summed E-state index contributed by atoms with van der Waals surface area (Å²) < 4.78 is 4.88. The van der Waals surface area contributed by atoms with E-state index in [0.717, 1.165) is 19.4 Å². The van der Waals surface area contributed by atoms with Crippen LogP contribution in [-0.4, -0.2) is 50.2 Å². The van der Waals surface area contributed by atoms with Gasteiger partial charge >= 0.3 is 5.97 Å². The molecule has 0 bridgehead atoms. The second kappa shape index (κ2) is 4.94. The van der Waals surface area contributed by atoms with E-state index in [1.54, 1.807) is 0 Å². The van der Waals surface area contributed by atoms with Gasteiger partial charge in [-0.2, -0.15) is 0 Å². The highest BCUT2D eigenvalue weighted by Crippen LogP contribution is 2.37. The van der Waals surface area contributed by atoms with Crippen LogP contribution in [0.2, 0.25) is 0 Å². The molecule has 0 aromatic carbocycles. The monoisotopic (exact) mass is 240 g/mol. The maximum Gasteiger partial charge on any atom is 0.323 e. The lowest BCUT2D eigenvalue weighted by atomic mass is 9.75. The zero-order valence-electron chi connectivity index (χ0n) is 11.2. The third kappa shape index (κ3) is 2.63. The standard InChI is InChI=1S/C13H24N2O2/c1-15(2)13(7-4-8-13)9-14-11(10-5-6-10)12(16)17-3/h10-11,14H,4-9H2,1-3H3. The summed E-state index contributed by atoms with van der Waals surface area (Å²) in [6.07, 6.45) is 6.06. The molecule has 2 rings (SSSR count). The summed E-state index contributed by atoms with van der Waals surface area (Å²) in [6, 6.07) is -0.0857. The lowest BCUT2D eigenvalue weighted by Gasteiger charge is -2.48. The highest BCUT2D eigenvalue weighted by atomic mass is 16.5. The number of rotatable bonds is 6. The summed E-state index contributed by atoms with van der Waals surface area (Å²) in [6.45, 7) is 0.899. The van der Waals surface area contributed by atoms with Crippen LogP contribution in [-0.2, 0) is 9.53 Å². The Labute approximate surface area is 104 Å². The topological polar surface area (TPSA) is 41.6 Å². The molecule has 2 saturated carbocycles. The average molecular weight is 240 g/mol. The van der Waals surface area contributed by atoms with Gasteiger partial charge in [-0.3, -0.25) is 4.79 Å². The van der Waals surface area contributed by atoms with E-state index in [4.69, 9.17) is 4.74 Å². The number of carbonyl (C=O) groups excluding carboxylic acids is 1. The number of hydrogen-bond acceptors (Lipinski definition) is 4. The van der Waals surface area contributed by atoms with Gasteiger partial charge in [-0.05, 0) is 52.1 Å². The van der Waals surface area contributed by atoms with Gasteiger partial charge < -0.3 is 15.0 Å². The van der Waals surface area contributed by atoms with Gasteiger partial charge in [0.25, 0.3) is 0 Å². The lowest BCUT2D eigenvalue weighted by Crippen LogP contribution is -2.59. The number of likely N-dealkylation sites (N-methyl/N-ethyl adjacent to an activating group) is 1. The van der Waals surface area contributed by atoms with E-state index < -0.39 is 0 Å². The SMILES string of the molecule is COC(=O)C(NCC1(N(C)C)CCC1)C1CC1. The minimum atomic E-state index is -0.0965. The third-order valence-corrected chi connectivity index (χ3v) is 4.43. The predicted molar refractivity (Wildman–Crippen MR) is 66.8 cm³/mol. The molecule has 0 heterocycles. The van der Waals surface area contributed by atoms with Crippen LogP contribution in [0.1, 0.15) is 32.1 Å². The van der Waals surface area contributed by atoms with Crippen molar-refractivity contribution in [1.82, 2.24) is 10.2 Å². The zero-order chi connectivity index (χ0) is 12.5. The minimum Gasteiger partial charge on any atom is -0.468 e. The van der Waals surface area contributed by atoms with E-state index in [-0.39, 0.29) is 17.6 Å². The molecule has 2 aliphatic carbocycles. The summed E-state index contributed by atoms with van der Waals surface area (Å²) in [5, 5.41) is 3.44. The zero-order valence-corrected chi connectivity index (χ0v) is 11.2. The van der Waals surface area contributed by atoms with Gasteiger partial charge in [-0.1, -0.05) is 0 Å². The summed E-state index contributed by atoms with van der Waals surface area (Å²) in [7, 11) is 5.74. The predicted octanol–water partition coefficient (Wildman–Crippen LogP) is 1.01. The highest BCUT2D eigenvalue weighted by Gasteiger charge is 2.42. The first-order valence-corrected chi connectivity index (χ1v) is 6.58. The molecule has 17 heavy (non-hydrogen) atoms. The van der Waals surface area contributed by atoms with Gasteiger partial charge in [0.1, 0.15) is 6.04 Å². The van der Waals surface area contributed by atoms with Crippen molar-refractivity contribution in [1.29, 1.82) is 0 Å². The molecular weight excluding hydrogens is 216 g/mol. The fourth-order valence-corrected chi connectivity index (χ4v) is 2.67. The normalized spacial score (nSPS) is 24.2.